The molecule has 1 aliphatic carbocycles. The summed E-state index contributed by atoms with van der Waals surface area (Å²) in [7, 11) is 0. The molecule has 1 aromatic heterocycles. The minimum atomic E-state index is -0.401. The number of nitrogens with two attached hydrogens (primary N) is 1. The Bertz CT molecular complexity index is 690. The van der Waals surface area contributed by atoms with E-state index in [9.17, 15) is 9.59 Å². The van der Waals surface area contributed by atoms with Crippen molar-refractivity contribution >= 4 is 17.9 Å². The van der Waals surface area contributed by atoms with Crippen molar-refractivity contribution in [3.63, 3.8) is 0 Å². The SMILES string of the molecule is Nc1ncc2c(n1)C1(CCCN(C(=O)CN3CCOC3=O)C1)CC2. The quantitative estimate of drug-likeness (QED) is 0.837. The zero-order valence-electron chi connectivity index (χ0n) is 13.5. The number of ether oxygens (including phenoxy) is 1. The van der Waals surface area contributed by atoms with Crippen molar-refractivity contribution < 1.29 is 14.3 Å². The van der Waals surface area contributed by atoms with E-state index < -0.39 is 6.09 Å². The summed E-state index contributed by atoms with van der Waals surface area (Å²) in [4.78, 5) is 36.1. The van der Waals surface area contributed by atoms with Crippen LogP contribution in [0.25, 0.3) is 0 Å². The second-order valence-electron chi connectivity index (χ2n) is 6.84. The molecule has 1 spiro atoms. The summed E-state index contributed by atoms with van der Waals surface area (Å²) in [6.45, 7) is 2.29. The first-order valence-corrected chi connectivity index (χ1v) is 8.39. The maximum atomic E-state index is 12.6. The van der Waals surface area contributed by atoms with Crippen molar-refractivity contribution in [2.45, 2.75) is 31.1 Å². The highest BCUT2D eigenvalue weighted by Gasteiger charge is 2.45. The number of rotatable bonds is 2. The number of nitrogen functional groups attached to an aromatic ring is 1. The number of likely N-dealkylation sites (tertiary alicyclic amines) is 1. The van der Waals surface area contributed by atoms with Crippen molar-refractivity contribution in [1.82, 2.24) is 19.8 Å². The second kappa shape index (κ2) is 5.61. The molecule has 1 atom stereocenters. The van der Waals surface area contributed by atoms with Gasteiger partial charge in [-0.25, -0.2) is 14.8 Å². The van der Waals surface area contributed by atoms with Crippen molar-refractivity contribution in [3.05, 3.63) is 17.5 Å². The number of fused-ring (bicyclic) bond motifs is 2. The smallest absolute Gasteiger partial charge is 0.410 e. The van der Waals surface area contributed by atoms with Crippen LogP contribution in [-0.4, -0.2) is 64.6 Å². The summed E-state index contributed by atoms with van der Waals surface area (Å²) in [6, 6.07) is 0. The number of carbonyl (C=O) groups excluding carboxylic acids is 2. The highest BCUT2D eigenvalue weighted by molar-refractivity contribution is 5.83. The topological polar surface area (TPSA) is 102 Å². The van der Waals surface area contributed by atoms with E-state index in [1.54, 1.807) is 0 Å². The van der Waals surface area contributed by atoms with Gasteiger partial charge in [0.15, 0.2) is 0 Å². The summed E-state index contributed by atoms with van der Waals surface area (Å²) in [5.41, 5.74) is 7.81. The molecule has 0 saturated carbocycles. The number of amides is 2. The Balaban J connectivity index is 1.51. The van der Waals surface area contributed by atoms with Gasteiger partial charge in [0.2, 0.25) is 11.9 Å². The Labute approximate surface area is 140 Å². The molecule has 2 aliphatic heterocycles. The number of hydrogen-bond donors (Lipinski definition) is 1. The van der Waals surface area contributed by atoms with Gasteiger partial charge in [0.25, 0.3) is 0 Å². The number of cyclic esters (lactones) is 1. The molecule has 24 heavy (non-hydrogen) atoms. The van der Waals surface area contributed by atoms with E-state index >= 15 is 0 Å². The van der Waals surface area contributed by atoms with E-state index in [2.05, 4.69) is 9.97 Å². The molecule has 2 fully saturated rings. The summed E-state index contributed by atoms with van der Waals surface area (Å²) in [5, 5.41) is 0. The Hall–Kier alpha value is -2.38. The van der Waals surface area contributed by atoms with E-state index in [1.165, 1.54) is 4.90 Å². The van der Waals surface area contributed by atoms with Gasteiger partial charge in [-0.15, -0.1) is 0 Å². The molecule has 3 heterocycles. The van der Waals surface area contributed by atoms with Crippen LogP contribution in [0.15, 0.2) is 6.20 Å². The van der Waals surface area contributed by atoms with E-state index in [-0.39, 0.29) is 17.9 Å². The molecule has 0 radical (unpaired) electrons. The van der Waals surface area contributed by atoms with Gasteiger partial charge in [0.05, 0.1) is 12.2 Å². The Kier molecular flexibility index (Phi) is 3.54. The molecular weight excluding hydrogens is 310 g/mol. The van der Waals surface area contributed by atoms with Crippen molar-refractivity contribution in [1.29, 1.82) is 0 Å². The van der Waals surface area contributed by atoms with Gasteiger partial charge < -0.3 is 15.4 Å². The number of anilines is 1. The molecule has 4 rings (SSSR count). The molecule has 8 heteroatoms. The van der Waals surface area contributed by atoms with Gasteiger partial charge >= 0.3 is 6.09 Å². The van der Waals surface area contributed by atoms with Gasteiger partial charge in [-0.3, -0.25) is 9.69 Å². The van der Waals surface area contributed by atoms with E-state index in [0.717, 1.165) is 43.5 Å². The largest absolute Gasteiger partial charge is 0.448 e. The zero-order chi connectivity index (χ0) is 16.7. The summed E-state index contributed by atoms with van der Waals surface area (Å²) in [6.07, 6.45) is 5.24. The molecule has 2 amide bonds. The highest BCUT2D eigenvalue weighted by Crippen LogP contribution is 2.44. The molecule has 8 nitrogen and oxygen atoms in total. The van der Waals surface area contributed by atoms with Crippen molar-refractivity contribution in [2.75, 3.05) is 38.5 Å². The van der Waals surface area contributed by atoms with Crippen LogP contribution in [0.3, 0.4) is 0 Å². The maximum Gasteiger partial charge on any atom is 0.410 e. The van der Waals surface area contributed by atoms with Crippen LogP contribution in [-0.2, 0) is 21.4 Å². The minimum Gasteiger partial charge on any atom is -0.448 e. The number of nitrogens with zero attached hydrogens (tertiary/aromatic N) is 4. The van der Waals surface area contributed by atoms with Crippen LogP contribution < -0.4 is 5.73 Å². The lowest BCUT2D eigenvalue weighted by atomic mass is 9.77. The predicted octanol–water partition coefficient (Wildman–Crippen LogP) is 0.317. The number of aromatic nitrogens is 2. The van der Waals surface area contributed by atoms with E-state index in [4.69, 9.17) is 10.5 Å². The Morgan fingerprint density at radius 2 is 2.25 bits per heavy atom. The zero-order valence-corrected chi connectivity index (χ0v) is 13.5. The summed E-state index contributed by atoms with van der Waals surface area (Å²) in [5.74, 6) is 0.265. The van der Waals surface area contributed by atoms with Gasteiger partial charge in [0.1, 0.15) is 13.2 Å². The van der Waals surface area contributed by atoms with Gasteiger partial charge in [-0.05, 0) is 31.2 Å². The number of hydrogen-bond acceptors (Lipinski definition) is 6. The average molecular weight is 331 g/mol. The highest BCUT2D eigenvalue weighted by atomic mass is 16.6. The fraction of sp³-hybridized carbons (Fsp3) is 0.625. The van der Waals surface area contributed by atoms with Gasteiger partial charge in [0, 0.05) is 24.7 Å². The molecule has 1 aromatic rings. The third-order valence-electron chi connectivity index (χ3n) is 5.36. The maximum absolute atomic E-state index is 12.6. The lowest BCUT2D eigenvalue weighted by Gasteiger charge is -2.40. The molecule has 2 N–H and O–H groups in total. The average Bonchev–Trinajstić information content (AvgIpc) is 3.13. The molecular formula is C16H21N5O3. The Morgan fingerprint density at radius 1 is 1.38 bits per heavy atom. The molecule has 0 aromatic carbocycles. The first-order valence-electron chi connectivity index (χ1n) is 8.39. The first kappa shape index (κ1) is 15.2. The van der Waals surface area contributed by atoms with E-state index in [1.807, 2.05) is 11.1 Å². The number of piperidine rings is 1. The fourth-order valence-corrected chi connectivity index (χ4v) is 4.13. The third kappa shape index (κ3) is 2.46. The predicted molar refractivity (Wildman–Crippen MR) is 85.2 cm³/mol. The summed E-state index contributed by atoms with van der Waals surface area (Å²) >= 11 is 0. The first-order chi connectivity index (χ1) is 11.6. The minimum absolute atomic E-state index is 0.0246. The van der Waals surface area contributed by atoms with Gasteiger partial charge in [-0.1, -0.05) is 0 Å². The molecule has 2 saturated heterocycles. The van der Waals surface area contributed by atoms with Crippen LogP contribution in [0.2, 0.25) is 0 Å². The van der Waals surface area contributed by atoms with Crippen LogP contribution in [0.1, 0.15) is 30.5 Å². The lowest BCUT2D eigenvalue weighted by Crippen LogP contribution is -2.50. The molecule has 1 unspecified atom stereocenters. The third-order valence-corrected chi connectivity index (χ3v) is 5.36. The fourth-order valence-electron chi connectivity index (χ4n) is 4.13. The van der Waals surface area contributed by atoms with Crippen molar-refractivity contribution in [3.8, 4) is 0 Å². The monoisotopic (exact) mass is 331 g/mol. The van der Waals surface area contributed by atoms with Crippen LogP contribution in [0.5, 0.6) is 0 Å². The van der Waals surface area contributed by atoms with E-state index in [0.29, 0.717) is 25.6 Å². The molecule has 0 bridgehead atoms. The normalized spacial score (nSPS) is 25.9. The molecule has 128 valence electrons. The van der Waals surface area contributed by atoms with Crippen molar-refractivity contribution in [2.24, 2.45) is 0 Å². The Morgan fingerprint density at radius 3 is 3.04 bits per heavy atom. The van der Waals surface area contributed by atoms with Crippen LogP contribution in [0.4, 0.5) is 10.7 Å². The second-order valence-corrected chi connectivity index (χ2v) is 6.84. The van der Waals surface area contributed by atoms with Crippen LogP contribution in [0, 0.1) is 0 Å². The molecule has 3 aliphatic rings. The van der Waals surface area contributed by atoms with Crippen LogP contribution >= 0.6 is 0 Å². The lowest BCUT2D eigenvalue weighted by molar-refractivity contribution is -0.134. The standard InChI is InChI=1S/C16H21N5O3/c17-14-18-8-11-2-4-16(13(11)19-14)3-1-5-21(10-16)12(22)9-20-6-7-24-15(20)23/h8H,1-7,9-10H2,(H2,17,18,19). The number of aryl methyl sites for hydroxylation is 1. The number of carbonyl (C=O) groups is 2. The van der Waals surface area contributed by atoms with Gasteiger partial charge in [-0.2, -0.15) is 0 Å². The summed E-state index contributed by atoms with van der Waals surface area (Å²) < 4.78 is 4.89.